The summed E-state index contributed by atoms with van der Waals surface area (Å²) in [6, 6.07) is 8.39. The summed E-state index contributed by atoms with van der Waals surface area (Å²) in [5.41, 5.74) is 3.46. The van der Waals surface area contributed by atoms with Gasteiger partial charge in [-0.1, -0.05) is 12.1 Å². The number of ether oxygens (including phenoxy) is 1. The molecular weight excluding hydrogens is 250 g/mol. The molecule has 4 nitrogen and oxygen atoms in total. The van der Waals surface area contributed by atoms with Gasteiger partial charge in [-0.2, -0.15) is 5.10 Å². The number of nitrogens with zero attached hydrogens (tertiary/aromatic N) is 2. The van der Waals surface area contributed by atoms with Gasteiger partial charge in [0.05, 0.1) is 17.8 Å². The highest BCUT2D eigenvalue weighted by Crippen LogP contribution is 2.25. The Labute approximate surface area is 120 Å². The molecule has 0 radical (unpaired) electrons. The van der Waals surface area contributed by atoms with Crippen LogP contribution >= 0.6 is 0 Å². The van der Waals surface area contributed by atoms with E-state index in [1.54, 1.807) is 0 Å². The monoisotopic (exact) mass is 273 g/mol. The van der Waals surface area contributed by atoms with Crippen molar-refractivity contribution in [2.45, 2.75) is 32.9 Å². The first-order chi connectivity index (χ1) is 9.51. The molecule has 2 aromatic rings. The van der Waals surface area contributed by atoms with E-state index in [1.165, 1.54) is 11.1 Å². The van der Waals surface area contributed by atoms with E-state index in [2.05, 4.69) is 28.7 Å². The Hall–Kier alpha value is -1.81. The second kappa shape index (κ2) is 6.09. The fourth-order valence-electron chi connectivity index (χ4n) is 2.41. The van der Waals surface area contributed by atoms with Crippen LogP contribution in [0.2, 0.25) is 0 Å². The van der Waals surface area contributed by atoms with Crippen molar-refractivity contribution in [3.05, 3.63) is 47.3 Å². The molecule has 1 aromatic heterocycles. The van der Waals surface area contributed by atoms with Crippen LogP contribution in [0.15, 0.2) is 30.5 Å². The molecule has 0 amide bonds. The normalized spacial score (nSPS) is 12.7. The van der Waals surface area contributed by atoms with Crippen LogP contribution in [0.1, 0.15) is 36.7 Å². The van der Waals surface area contributed by atoms with Crippen molar-refractivity contribution in [1.29, 1.82) is 0 Å². The van der Waals surface area contributed by atoms with Gasteiger partial charge < -0.3 is 10.1 Å². The van der Waals surface area contributed by atoms with Gasteiger partial charge in [0, 0.05) is 18.8 Å². The first-order valence-electron chi connectivity index (χ1n) is 6.95. The second-order valence-electron chi connectivity index (χ2n) is 5.30. The maximum atomic E-state index is 5.68. The minimum atomic E-state index is 0.150. The zero-order valence-electron chi connectivity index (χ0n) is 12.8. The molecule has 0 aliphatic heterocycles. The highest BCUT2D eigenvalue weighted by atomic mass is 16.5. The smallest absolute Gasteiger partial charge is 0.119 e. The van der Waals surface area contributed by atoms with E-state index in [0.717, 1.165) is 11.4 Å². The number of benzene rings is 1. The number of hydrogen-bond acceptors (Lipinski definition) is 3. The van der Waals surface area contributed by atoms with E-state index in [4.69, 9.17) is 4.74 Å². The summed E-state index contributed by atoms with van der Waals surface area (Å²) in [5, 5.41) is 7.77. The summed E-state index contributed by atoms with van der Waals surface area (Å²) >= 11 is 0. The molecule has 1 unspecified atom stereocenters. The van der Waals surface area contributed by atoms with Gasteiger partial charge in [0.2, 0.25) is 0 Å². The van der Waals surface area contributed by atoms with E-state index < -0.39 is 0 Å². The lowest BCUT2D eigenvalue weighted by Gasteiger charge is -2.17. The SMILES string of the molecule is CNC(c1ccc(OC(C)C)cc1)c1cn(C)nc1C. The first kappa shape index (κ1) is 14.6. The Morgan fingerprint density at radius 3 is 2.30 bits per heavy atom. The summed E-state index contributed by atoms with van der Waals surface area (Å²) in [5.74, 6) is 0.904. The van der Waals surface area contributed by atoms with Gasteiger partial charge in [-0.15, -0.1) is 0 Å². The molecule has 1 atom stereocenters. The van der Waals surface area contributed by atoms with Crippen LogP contribution in [0, 0.1) is 6.92 Å². The maximum Gasteiger partial charge on any atom is 0.119 e. The van der Waals surface area contributed by atoms with Crippen LogP contribution in [0.25, 0.3) is 0 Å². The zero-order chi connectivity index (χ0) is 14.7. The predicted octanol–water partition coefficient (Wildman–Crippen LogP) is 2.82. The van der Waals surface area contributed by atoms with Gasteiger partial charge in [-0.3, -0.25) is 4.68 Å². The minimum Gasteiger partial charge on any atom is -0.491 e. The molecule has 0 saturated heterocycles. The molecule has 4 heteroatoms. The highest BCUT2D eigenvalue weighted by Gasteiger charge is 2.16. The van der Waals surface area contributed by atoms with E-state index in [1.807, 2.05) is 51.7 Å². The number of aromatic nitrogens is 2. The van der Waals surface area contributed by atoms with E-state index in [-0.39, 0.29) is 12.1 Å². The molecule has 0 spiro atoms. The average Bonchev–Trinajstić information content (AvgIpc) is 2.71. The lowest BCUT2D eigenvalue weighted by atomic mass is 9.99. The molecule has 108 valence electrons. The Morgan fingerprint density at radius 2 is 1.85 bits per heavy atom. The highest BCUT2D eigenvalue weighted by molar-refractivity contribution is 5.36. The van der Waals surface area contributed by atoms with Crippen molar-refractivity contribution >= 4 is 0 Å². The van der Waals surface area contributed by atoms with Crippen LogP contribution in [-0.4, -0.2) is 22.9 Å². The third kappa shape index (κ3) is 3.20. The summed E-state index contributed by atoms with van der Waals surface area (Å²) in [7, 11) is 3.92. The Morgan fingerprint density at radius 1 is 1.20 bits per heavy atom. The molecule has 1 N–H and O–H groups in total. The molecular formula is C16H23N3O. The molecule has 1 aromatic carbocycles. The number of aryl methyl sites for hydroxylation is 2. The van der Waals surface area contributed by atoms with Crippen molar-refractivity contribution in [2.75, 3.05) is 7.05 Å². The molecule has 1 heterocycles. The van der Waals surface area contributed by atoms with Crippen molar-refractivity contribution < 1.29 is 4.74 Å². The lowest BCUT2D eigenvalue weighted by molar-refractivity contribution is 0.242. The van der Waals surface area contributed by atoms with Crippen LogP contribution in [-0.2, 0) is 7.05 Å². The van der Waals surface area contributed by atoms with Gasteiger partial charge in [0.1, 0.15) is 5.75 Å². The quantitative estimate of drug-likeness (QED) is 0.910. The third-order valence-corrected chi connectivity index (χ3v) is 3.24. The second-order valence-corrected chi connectivity index (χ2v) is 5.30. The van der Waals surface area contributed by atoms with Crippen LogP contribution in [0.5, 0.6) is 5.75 Å². The molecule has 0 saturated carbocycles. The molecule has 0 aliphatic carbocycles. The number of hydrogen-bond donors (Lipinski definition) is 1. The van der Waals surface area contributed by atoms with E-state index >= 15 is 0 Å². The maximum absolute atomic E-state index is 5.68. The fraction of sp³-hybridized carbons (Fsp3) is 0.438. The molecule has 20 heavy (non-hydrogen) atoms. The van der Waals surface area contributed by atoms with Crippen molar-refractivity contribution in [1.82, 2.24) is 15.1 Å². The van der Waals surface area contributed by atoms with Crippen LogP contribution < -0.4 is 10.1 Å². The van der Waals surface area contributed by atoms with E-state index in [9.17, 15) is 0 Å². The zero-order valence-corrected chi connectivity index (χ0v) is 12.8. The predicted molar refractivity (Wildman–Crippen MR) is 81.1 cm³/mol. The van der Waals surface area contributed by atoms with Gasteiger partial charge >= 0.3 is 0 Å². The Kier molecular flexibility index (Phi) is 4.45. The van der Waals surface area contributed by atoms with Crippen molar-refractivity contribution in [2.24, 2.45) is 7.05 Å². The largest absolute Gasteiger partial charge is 0.491 e. The summed E-state index contributed by atoms with van der Waals surface area (Å²) < 4.78 is 7.53. The fourth-order valence-corrected chi connectivity index (χ4v) is 2.41. The average molecular weight is 273 g/mol. The lowest BCUT2D eigenvalue weighted by Crippen LogP contribution is -2.18. The summed E-state index contributed by atoms with van der Waals surface area (Å²) in [6.45, 7) is 6.10. The standard InChI is InChI=1S/C16H23N3O/c1-11(2)20-14-8-6-13(7-9-14)16(17-4)15-10-19(5)18-12(15)3/h6-11,16-17H,1-5H3. The van der Waals surface area contributed by atoms with Crippen molar-refractivity contribution in [3.8, 4) is 5.75 Å². The number of nitrogens with one attached hydrogen (secondary N) is 1. The number of rotatable bonds is 5. The summed E-state index contributed by atoms with van der Waals surface area (Å²) in [4.78, 5) is 0. The molecule has 0 fully saturated rings. The minimum absolute atomic E-state index is 0.150. The third-order valence-electron chi connectivity index (χ3n) is 3.24. The molecule has 0 aliphatic rings. The van der Waals surface area contributed by atoms with Gasteiger partial charge in [0.25, 0.3) is 0 Å². The first-order valence-corrected chi connectivity index (χ1v) is 6.95. The Bertz CT molecular complexity index is 558. The summed E-state index contributed by atoms with van der Waals surface area (Å²) in [6.07, 6.45) is 2.26. The van der Waals surface area contributed by atoms with Gasteiger partial charge in [-0.25, -0.2) is 0 Å². The van der Waals surface area contributed by atoms with Crippen molar-refractivity contribution in [3.63, 3.8) is 0 Å². The van der Waals surface area contributed by atoms with Gasteiger partial charge in [0.15, 0.2) is 0 Å². The molecule has 2 rings (SSSR count). The van der Waals surface area contributed by atoms with Gasteiger partial charge in [-0.05, 0) is 45.5 Å². The van der Waals surface area contributed by atoms with Crippen LogP contribution in [0.3, 0.4) is 0 Å². The Balaban J connectivity index is 2.26. The molecule has 0 bridgehead atoms. The topological polar surface area (TPSA) is 39.1 Å². The van der Waals surface area contributed by atoms with E-state index in [0.29, 0.717) is 0 Å². The van der Waals surface area contributed by atoms with Crippen LogP contribution in [0.4, 0.5) is 0 Å².